The Hall–Kier alpha value is -1.36. The maximum atomic E-state index is 12.2. The molecule has 1 heterocycles. The fourth-order valence-electron chi connectivity index (χ4n) is 5.61. The van der Waals surface area contributed by atoms with Crippen LogP contribution in [0.5, 0.6) is 11.5 Å². The van der Waals surface area contributed by atoms with Gasteiger partial charge in [-0.15, -0.1) is 0 Å². The molecule has 0 fully saturated rings. The van der Waals surface area contributed by atoms with Crippen molar-refractivity contribution in [3.63, 3.8) is 0 Å². The van der Waals surface area contributed by atoms with Gasteiger partial charge in [0.25, 0.3) is 0 Å². The summed E-state index contributed by atoms with van der Waals surface area (Å²) < 4.78 is 12.5. The molecule has 0 amide bonds. The number of hydrogen-bond donors (Lipinski definition) is 2. The maximum absolute atomic E-state index is 12.2. The van der Waals surface area contributed by atoms with E-state index in [1.165, 1.54) is 38.5 Å². The van der Waals surface area contributed by atoms with Crippen LogP contribution in [0.15, 0.2) is 0 Å². The Kier molecular flexibility index (Phi) is 12.0. The Morgan fingerprint density at radius 3 is 2.08 bits per heavy atom. The smallest absolute Gasteiger partial charge is 0.316 e. The van der Waals surface area contributed by atoms with Crippen LogP contribution >= 0.6 is 12.6 Å². The van der Waals surface area contributed by atoms with Crippen LogP contribution < -0.4 is 4.74 Å². The van der Waals surface area contributed by atoms with Crippen molar-refractivity contribution in [1.29, 1.82) is 0 Å². The molecule has 0 saturated heterocycles. The van der Waals surface area contributed by atoms with Crippen molar-refractivity contribution in [2.45, 2.75) is 131 Å². The van der Waals surface area contributed by atoms with Crippen LogP contribution in [0.1, 0.15) is 115 Å². The first-order valence-electron chi connectivity index (χ1n) is 14.2. The van der Waals surface area contributed by atoms with E-state index < -0.39 is 11.7 Å². The summed E-state index contributed by atoms with van der Waals surface area (Å²) in [7, 11) is 0. The summed E-state index contributed by atoms with van der Waals surface area (Å²) in [6, 6.07) is 0. The highest BCUT2D eigenvalue weighted by Crippen LogP contribution is 2.45. The zero-order valence-electron chi connectivity index (χ0n) is 24.2. The average molecular weight is 521 g/mol. The molecule has 2 rings (SSSR count). The molecule has 1 aliphatic rings. The van der Waals surface area contributed by atoms with Gasteiger partial charge in [-0.2, -0.15) is 12.6 Å². The minimum atomic E-state index is -0.600. The number of ether oxygens (including phenoxy) is 2. The number of phenols is 1. The van der Waals surface area contributed by atoms with E-state index in [-0.39, 0.29) is 11.7 Å². The first-order valence-corrected chi connectivity index (χ1v) is 14.8. The van der Waals surface area contributed by atoms with Gasteiger partial charge in [0.2, 0.25) is 0 Å². The van der Waals surface area contributed by atoms with Crippen molar-refractivity contribution >= 4 is 18.6 Å². The van der Waals surface area contributed by atoms with Gasteiger partial charge in [-0.25, -0.2) is 0 Å². The van der Waals surface area contributed by atoms with Crippen LogP contribution in [0, 0.1) is 38.5 Å². The number of thiol groups is 1. The van der Waals surface area contributed by atoms with Crippen LogP contribution in [0.4, 0.5) is 0 Å². The number of carbonyl (C=O) groups excluding carboxylic acids is 1. The monoisotopic (exact) mass is 520 g/mol. The molecule has 1 unspecified atom stereocenters. The molecule has 4 nitrogen and oxygen atoms in total. The normalized spacial score (nSPS) is 21.1. The van der Waals surface area contributed by atoms with Gasteiger partial charge in [0.15, 0.2) is 0 Å². The van der Waals surface area contributed by atoms with Gasteiger partial charge in [-0.3, -0.25) is 4.79 Å². The van der Waals surface area contributed by atoms with E-state index in [0.29, 0.717) is 18.1 Å². The SMILES string of the molecule is Cc1c(C)c2c(c(C)c1O)CC(OC(=O)CS)[C@](C)(CCC[C@H](C)CCC[C@@H](C)CCCC(C)C)O2. The second-order valence-electron chi connectivity index (χ2n) is 12.1. The number of carbonyl (C=O) groups is 1. The van der Waals surface area contributed by atoms with Gasteiger partial charge in [0.1, 0.15) is 23.2 Å². The molecule has 0 bridgehead atoms. The van der Waals surface area contributed by atoms with Gasteiger partial charge in [0.05, 0.1) is 5.75 Å². The van der Waals surface area contributed by atoms with Crippen LogP contribution in [0.25, 0.3) is 0 Å². The molecule has 1 aromatic carbocycles. The minimum Gasteiger partial charge on any atom is -0.507 e. The average Bonchev–Trinajstić information content (AvgIpc) is 2.82. The Morgan fingerprint density at radius 2 is 1.53 bits per heavy atom. The number of hydrogen-bond acceptors (Lipinski definition) is 5. The number of phenolic OH excluding ortho intramolecular Hbond substituents is 1. The highest BCUT2D eigenvalue weighted by Gasteiger charge is 2.44. The standard InChI is InChI=1S/C31H52O4S/c1-20(2)12-9-13-21(3)14-10-15-22(4)16-11-17-31(8)27(34-28(32)19-36)18-26-25(7)29(33)23(5)24(6)30(26)35-31/h20-22,27,33,36H,9-19H2,1-8H3/t21-,22+,27?,31-/m0/s1. The highest BCUT2D eigenvalue weighted by molar-refractivity contribution is 7.81. The number of esters is 1. The van der Waals surface area contributed by atoms with Crippen molar-refractivity contribution in [2.75, 3.05) is 5.75 Å². The van der Waals surface area contributed by atoms with Crippen LogP contribution in [-0.2, 0) is 16.0 Å². The minimum absolute atomic E-state index is 0.0452. The quantitative estimate of drug-likeness (QED) is 0.191. The third kappa shape index (κ3) is 8.33. The summed E-state index contributed by atoms with van der Waals surface area (Å²) in [6.07, 6.45) is 11.1. The first-order chi connectivity index (χ1) is 16.9. The van der Waals surface area contributed by atoms with E-state index in [1.807, 2.05) is 20.8 Å². The molecule has 0 radical (unpaired) electrons. The molecule has 36 heavy (non-hydrogen) atoms. The van der Waals surface area contributed by atoms with Gasteiger partial charge < -0.3 is 14.6 Å². The Labute approximate surface area is 226 Å². The number of aromatic hydroxyl groups is 1. The van der Waals surface area contributed by atoms with Gasteiger partial charge in [-0.05, 0) is 75.0 Å². The van der Waals surface area contributed by atoms with E-state index in [9.17, 15) is 9.90 Å². The Morgan fingerprint density at radius 1 is 0.972 bits per heavy atom. The van der Waals surface area contributed by atoms with Crippen molar-refractivity contribution in [2.24, 2.45) is 17.8 Å². The summed E-state index contributed by atoms with van der Waals surface area (Å²) in [5.74, 6) is 3.18. The summed E-state index contributed by atoms with van der Waals surface area (Å²) in [5, 5.41) is 10.6. The predicted octanol–water partition coefficient (Wildman–Crippen LogP) is 8.29. The molecule has 206 valence electrons. The van der Waals surface area contributed by atoms with Crippen LogP contribution in [-0.4, -0.2) is 28.5 Å². The molecule has 0 aromatic heterocycles. The number of rotatable bonds is 14. The van der Waals surface area contributed by atoms with E-state index in [4.69, 9.17) is 9.47 Å². The van der Waals surface area contributed by atoms with Gasteiger partial charge in [0, 0.05) is 12.0 Å². The summed E-state index contributed by atoms with van der Waals surface area (Å²) in [6.45, 7) is 17.3. The largest absolute Gasteiger partial charge is 0.507 e. The molecule has 5 heteroatoms. The molecule has 1 N–H and O–H groups in total. The van der Waals surface area contributed by atoms with E-state index >= 15 is 0 Å². The fraction of sp³-hybridized carbons (Fsp3) is 0.774. The summed E-state index contributed by atoms with van der Waals surface area (Å²) >= 11 is 4.11. The molecule has 0 aliphatic carbocycles. The lowest BCUT2D eigenvalue weighted by Crippen LogP contribution is -2.51. The Bertz CT molecular complexity index is 865. The molecule has 0 spiro atoms. The summed E-state index contributed by atoms with van der Waals surface area (Å²) in [4.78, 5) is 12.2. The van der Waals surface area contributed by atoms with Crippen LogP contribution in [0.2, 0.25) is 0 Å². The third-order valence-electron chi connectivity index (χ3n) is 8.39. The zero-order valence-corrected chi connectivity index (χ0v) is 25.1. The van der Waals surface area contributed by atoms with E-state index in [1.54, 1.807) is 0 Å². The number of fused-ring (bicyclic) bond motifs is 1. The van der Waals surface area contributed by atoms with Gasteiger partial charge in [-0.1, -0.05) is 72.6 Å². The molecular formula is C31H52O4S. The highest BCUT2D eigenvalue weighted by atomic mass is 32.1. The second kappa shape index (κ2) is 14.0. The van der Waals surface area contributed by atoms with E-state index in [0.717, 1.165) is 59.1 Å². The molecule has 0 saturated carbocycles. The number of benzene rings is 1. The molecular weight excluding hydrogens is 468 g/mol. The van der Waals surface area contributed by atoms with Crippen molar-refractivity contribution in [1.82, 2.24) is 0 Å². The first kappa shape index (κ1) is 30.9. The van der Waals surface area contributed by atoms with Crippen LogP contribution in [0.3, 0.4) is 0 Å². The summed E-state index contributed by atoms with van der Waals surface area (Å²) in [5.41, 5.74) is 2.98. The molecule has 1 aliphatic heterocycles. The van der Waals surface area contributed by atoms with Crippen molar-refractivity contribution < 1.29 is 19.4 Å². The maximum Gasteiger partial charge on any atom is 0.316 e. The third-order valence-corrected chi connectivity index (χ3v) is 8.65. The lowest BCUT2D eigenvalue weighted by molar-refractivity contribution is -0.160. The van der Waals surface area contributed by atoms with E-state index in [2.05, 4.69) is 47.2 Å². The zero-order chi connectivity index (χ0) is 27.0. The topological polar surface area (TPSA) is 55.8 Å². The predicted molar refractivity (Wildman–Crippen MR) is 154 cm³/mol. The van der Waals surface area contributed by atoms with Crippen molar-refractivity contribution in [3.05, 3.63) is 22.3 Å². The molecule has 4 atom stereocenters. The Balaban J connectivity index is 1.97. The van der Waals surface area contributed by atoms with Gasteiger partial charge >= 0.3 is 5.97 Å². The second-order valence-corrected chi connectivity index (χ2v) is 12.5. The van der Waals surface area contributed by atoms with Crippen molar-refractivity contribution in [3.8, 4) is 11.5 Å². The molecule has 1 aromatic rings. The fourth-order valence-corrected chi connectivity index (χ4v) is 5.68. The lowest BCUT2D eigenvalue weighted by Gasteiger charge is -2.43. The lowest BCUT2D eigenvalue weighted by atomic mass is 9.81.